The van der Waals surface area contributed by atoms with Crippen molar-refractivity contribution in [2.24, 2.45) is 7.05 Å². The SMILES string of the molecule is CNCCc1c(Br)c(-c2coc3ccccc23)nn1C. The Bertz CT molecular complexity index is 745. The fourth-order valence-corrected chi connectivity index (χ4v) is 3.13. The molecule has 4 nitrogen and oxygen atoms in total. The molecule has 0 aliphatic rings. The summed E-state index contributed by atoms with van der Waals surface area (Å²) in [4.78, 5) is 0. The van der Waals surface area contributed by atoms with Gasteiger partial charge in [-0.2, -0.15) is 5.10 Å². The third-order valence-electron chi connectivity index (χ3n) is 3.45. The number of furan rings is 1. The van der Waals surface area contributed by atoms with Crippen LogP contribution in [0.5, 0.6) is 0 Å². The van der Waals surface area contributed by atoms with Crippen LogP contribution >= 0.6 is 15.9 Å². The van der Waals surface area contributed by atoms with Crippen LogP contribution in [-0.2, 0) is 13.5 Å². The molecule has 0 unspecified atom stereocenters. The van der Waals surface area contributed by atoms with Crippen LogP contribution < -0.4 is 5.32 Å². The van der Waals surface area contributed by atoms with Gasteiger partial charge in [0.15, 0.2) is 0 Å². The molecule has 1 aromatic carbocycles. The molecule has 0 aliphatic carbocycles. The van der Waals surface area contributed by atoms with Crippen molar-refractivity contribution in [3.63, 3.8) is 0 Å². The number of halogens is 1. The highest BCUT2D eigenvalue weighted by Gasteiger charge is 2.18. The lowest BCUT2D eigenvalue weighted by Gasteiger charge is -2.01. The molecule has 1 N–H and O–H groups in total. The van der Waals surface area contributed by atoms with Gasteiger partial charge in [0, 0.05) is 31.0 Å². The summed E-state index contributed by atoms with van der Waals surface area (Å²) >= 11 is 3.69. The van der Waals surface area contributed by atoms with Crippen LogP contribution in [0.3, 0.4) is 0 Å². The third kappa shape index (κ3) is 2.17. The Hall–Kier alpha value is -1.59. The molecule has 0 radical (unpaired) electrons. The summed E-state index contributed by atoms with van der Waals surface area (Å²) < 4.78 is 8.58. The average Bonchev–Trinajstić information content (AvgIpc) is 2.99. The van der Waals surface area contributed by atoms with Gasteiger partial charge in [0.05, 0.1) is 10.2 Å². The standard InChI is InChI=1S/C15H16BrN3O/c1-17-8-7-12-14(16)15(18-19(12)2)11-9-20-13-6-4-3-5-10(11)13/h3-6,9,17H,7-8H2,1-2H3. The number of hydrogen-bond acceptors (Lipinski definition) is 3. The van der Waals surface area contributed by atoms with E-state index in [2.05, 4.69) is 32.4 Å². The Balaban J connectivity index is 2.10. The second-order valence-electron chi connectivity index (χ2n) is 4.73. The van der Waals surface area contributed by atoms with Crippen LogP contribution in [0.1, 0.15) is 5.69 Å². The third-order valence-corrected chi connectivity index (χ3v) is 4.28. The number of benzene rings is 1. The van der Waals surface area contributed by atoms with E-state index < -0.39 is 0 Å². The maximum Gasteiger partial charge on any atom is 0.134 e. The van der Waals surface area contributed by atoms with Gasteiger partial charge in [-0.3, -0.25) is 4.68 Å². The first-order valence-electron chi connectivity index (χ1n) is 6.55. The van der Waals surface area contributed by atoms with Gasteiger partial charge >= 0.3 is 0 Å². The molecule has 0 bridgehead atoms. The maximum atomic E-state index is 5.61. The van der Waals surface area contributed by atoms with E-state index in [9.17, 15) is 0 Å². The van der Waals surface area contributed by atoms with Gasteiger partial charge in [-0.25, -0.2) is 0 Å². The molecule has 0 atom stereocenters. The maximum absolute atomic E-state index is 5.61. The summed E-state index contributed by atoms with van der Waals surface area (Å²) in [6.45, 7) is 0.920. The van der Waals surface area contributed by atoms with Gasteiger partial charge in [-0.15, -0.1) is 0 Å². The fraction of sp³-hybridized carbons (Fsp3) is 0.267. The minimum Gasteiger partial charge on any atom is -0.464 e. The molecular weight excluding hydrogens is 318 g/mol. The Kier molecular flexibility index (Phi) is 3.63. The first kappa shape index (κ1) is 13.4. The van der Waals surface area contributed by atoms with Gasteiger partial charge in [-0.1, -0.05) is 18.2 Å². The second kappa shape index (κ2) is 5.42. The Morgan fingerprint density at radius 2 is 2.15 bits per heavy atom. The zero-order valence-corrected chi connectivity index (χ0v) is 13.1. The lowest BCUT2D eigenvalue weighted by molar-refractivity contribution is 0.616. The summed E-state index contributed by atoms with van der Waals surface area (Å²) in [5.74, 6) is 0. The summed E-state index contributed by atoms with van der Waals surface area (Å²) in [6, 6.07) is 8.02. The van der Waals surface area contributed by atoms with E-state index in [1.807, 2.05) is 37.0 Å². The lowest BCUT2D eigenvalue weighted by atomic mass is 10.1. The average molecular weight is 334 g/mol. The lowest BCUT2D eigenvalue weighted by Crippen LogP contribution is -2.12. The van der Waals surface area contributed by atoms with E-state index >= 15 is 0 Å². The summed E-state index contributed by atoms with van der Waals surface area (Å²) in [5, 5.41) is 8.89. The number of nitrogens with one attached hydrogen (secondary N) is 1. The number of likely N-dealkylation sites (N-methyl/N-ethyl adjacent to an activating group) is 1. The van der Waals surface area contributed by atoms with E-state index in [0.29, 0.717) is 0 Å². The molecule has 2 heterocycles. The van der Waals surface area contributed by atoms with Crippen molar-refractivity contribution in [1.82, 2.24) is 15.1 Å². The molecule has 0 saturated heterocycles. The van der Waals surface area contributed by atoms with Gasteiger partial charge in [0.1, 0.15) is 17.5 Å². The summed E-state index contributed by atoms with van der Waals surface area (Å²) in [7, 11) is 3.93. The van der Waals surface area contributed by atoms with Crippen LogP contribution in [0.15, 0.2) is 39.4 Å². The van der Waals surface area contributed by atoms with Crippen LogP contribution in [0, 0.1) is 0 Å². The minimum absolute atomic E-state index is 0.886. The van der Waals surface area contributed by atoms with Gasteiger partial charge in [-0.05, 0) is 29.0 Å². The minimum atomic E-state index is 0.886. The van der Waals surface area contributed by atoms with Crippen molar-refractivity contribution >= 4 is 26.9 Å². The van der Waals surface area contributed by atoms with Crippen LogP contribution in [0.2, 0.25) is 0 Å². The number of aryl methyl sites for hydroxylation is 1. The molecule has 0 aliphatic heterocycles. The molecule has 3 rings (SSSR count). The fourth-order valence-electron chi connectivity index (χ4n) is 2.38. The summed E-state index contributed by atoms with van der Waals surface area (Å²) in [6.07, 6.45) is 2.70. The number of rotatable bonds is 4. The second-order valence-corrected chi connectivity index (χ2v) is 5.52. The van der Waals surface area contributed by atoms with E-state index in [4.69, 9.17) is 4.42 Å². The molecule has 0 saturated carbocycles. The van der Waals surface area contributed by atoms with Crippen molar-refractivity contribution < 1.29 is 4.42 Å². The van der Waals surface area contributed by atoms with Crippen molar-refractivity contribution in [2.75, 3.05) is 13.6 Å². The van der Waals surface area contributed by atoms with Crippen LogP contribution in [0.25, 0.3) is 22.2 Å². The Labute approximate surface area is 125 Å². The molecule has 3 aromatic rings. The quantitative estimate of drug-likeness (QED) is 0.796. The van der Waals surface area contributed by atoms with E-state index in [1.54, 1.807) is 6.26 Å². The molecule has 20 heavy (non-hydrogen) atoms. The van der Waals surface area contributed by atoms with Crippen molar-refractivity contribution in [3.05, 3.63) is 40.7 Å². The first-order chi connectivity index (χ1) is 9.72. The normalized spacial score (nSPS) is 11.3. The van der Waals surface area contributed by atoms with Crippen molar-refractivity contribution in [2.45, 2.75) is 6.42 Å². The molecular formula is C15H16BrN3O. The summed E-state index contributed by atoms with van der Waals surface area (Å²) in [5.41, 5.74) is 4.03. The topological polar surface area (TPSA) is 43.0 Å². The predicted molar refractivity (Wildman–Crippen MR) is 83.7 cm³/mol. The number of fused-ring (bicyclic) bond motifs is 1. The molecule has 104 valence electrons. The zero-order chi connectivity index (χ0) is 14.1. The molecule has 0 fully saturated rings. The Morgan fingerprint density at radius 3 is 2.95 bits per heavy atom. The zero-order valence-electron chi connectivity index (χ0n) is 11.5. The number of para-hydroxylation sites is 1. The monoisotopic (exact) mass is 333 g/mol. The highest BCUT2D eigenvalue weighted by atomic mass is 79.9. The largest absolute Gasteiger partial charge is 0.464 e. The van der Waals surface area contributed by atoms with Crippen LogP contribution in [0.4, 0.5) is 0 Å². The highest BCUT2D eigenvalue weighted by molar-refractivity contribution is 9.10. The van der Waals surface area contributed by atoms with Gasteiger partial charge < -0.3 is 9.73 Å². The van der Waals surface area contributed by atoms with E-state index in [-0.39, 0.29) is 0 Å². The van der Waals surface area contributed by atoms with Crippen LogP contribution in [-0.4, -0.2) is 23.4 Å². The number of nitrogens with zero attached hydrogens (tertiary/aromatic N) is 2. The molecule has 0 spiro atoms. The molecule has 5 heteroatoms. The molecule has 2 aromatic heterocycles. The Morgan fingerprint density at radius 1 is 1.35 bits per heavy atom. The smallest absolute Gasteiger partial charge is 0.134 e. The van der Waals surface area contributed by atoms with E-state index in [1.165, 1.54) is 5.69 Å². The highest BCUT2D eigenvalue weighted by Crippen LogP contribution is 2.35. The van der Waals surface area contributed by atoms with Crippen molar-refractivity contribution in [3.8, 4) is 11.3 Å². The van der Waals surface area contributed by atoms with E-state index in [0.717, 1.165) is 39.7 Å². The van der Waals surface area contributed by atoms with Gasteiger partial charge in [0.2, 0.25) is 0 Å². The molecule has 0 amide bonds. The number of aromatic nitrogens is 2. The number of hydrogen-bond donors (Lipinski definition) is 1. The van der Waals surface area contributed by atoms with Crippen molar-refractivity contribution in [1.29, 1.82) is 0 Å². The van der Waals surface area contributed by atoms with Gasteiger partial charge in [0.25, 0.3) is 0 Å². The predicted octanol–water partition coefficient (Wildman–Crippen LogP) is 3.36. The first-order valence-corrected chi connectivity index (χ1v) is 7.34.